The van der Waals surface area contributed by atoms with Crippen molar-refractivity contribution in [3.63, 3.8) is 0 Å². The van der Waals surface area contributed by atoms with Gasteiger partial charge in [0.15, 0.2) is 17.5 Å². The molecule has 1 aliphatic heterocycles. The summed E-state index contributed by atoms with van der Waals surface area (Å²) in [5.74, 6) is 0.610. The van der Waals surface area contributed by atoms with E-state index in [1.165, 1.54) is 6.92 Å². The van der Waals surface area contributed by atoms with Gasteiger partial charge in [-0.1, -0.05) is 13.0 Å². The van der Waals surface area contributed by atoms with Crippen LogP contribution in [-0.4, -0.2) is 78.3 Å². The lowest BCUT2D eigenvalue weighted by molar-refractivity contribution is -0.149. The Hall–Kier alpha value is -2.56. The van der Waals surface area contributed by atoms with Gasteiger partial charge in [0.05, 0.1) is 12.2 Å². The molecule has 0 radical (unpaired) electrons. The standard InChI is InChI=1S/C28H46N4O6/c1-17-21(16-32-28(29)30-3)13-20(14-25(17)35)26(36)15-23(37-18(2)33)6-4-19-5-7-24(34)27(12-19)38-22-8-10-31-11-9-22/h5,7,12,17,20-23,25-26,31,34-36H,4,6,8-11,13-16H2,1-3H3,(H3,29,30,32). The molecular weight excluding hydrogens is 488 g/mol. The van der Waals surface area contributed by atoms with Crippen molar-refractivity contribution in [3.8, 4) is 11.5 Å². The maximum Gasteiger partial charge on any atom is 0.302 e. The molecule has 6 atom stereocenters. The van der Waals surface area contributed by atoms with Crippen molar-refractivity contribution in [1.82, 2.24) is 10.6 Å². The molecule has 0 spiro atoms. The molecule has 38 heavy (non-hydrogen) atoms. The molecule has 1 saturated carbocycles. The molecule has 3 rings (SSSR count). The van der Waals surface area contributed by atoms with E-state index in [1.54, 1.807) is 13.1 Å². The highest BCUT2D eigenvalue weighted by molar-refractivity contribution is 5.77. The smallest absolute Gasteiger partial charge is 0.302 e. The van der Waals surface area contributed by atoms with Crippen LogP contribution in [0.2, 0.25) is 0 Å². The first-order valence-electron chi connectivity index (χ1n) is 13.8. The van der Waals surface area contributed by atoms with Gasteiger partial charge in [-0.15, -0.1) is 0 Å². The summed E-state index contributed by atoms with van der Waals surface area (Å²) in [6, 6.07) is 5.32. The number of nitrogens with one attached hydrogen (secondary N) is 2. The number of ether oxygens (including phenoxy) is 2. The number of nitrogens with zero attached hydrogens (tertiary/aromatic N) is 1. The molecule has 1 saturated heterocycles. The number of hydrogen-bond acceptors (Lipinski definition) is 8. The highest BCUT2D eigenvalue weighted by Gasteiger charge is 2.38. The lowest BCUT2D eigenvalue weighted by Crippen LogP contribution is -2.45. The van der Waals surface area contributed by atoms with Gasteiger partial charge in [-0.05, 0) is 87.1 Å². The number of phenolic OH excluding ortho intramolecular Hbond substituents is 1. The Morgan fingerprint density at radius 3 is 2.71 bits per heavy atom. The second kappa shape index (κ2) is 14.6. The first-order chi connectivity index (χ1) is 18.2. The lowest BCUT2D eigenvalue weighted by atomic mass is 9.70. The van der Waals surface area contributed by atoms with Gasteiger partial charge in [0.1, 0.15) is 12.2 Å². The van der Waals surface area contributed by atoms with Crippen LogP contribution in [0.1, 0.15) is 57.9 Å². The number of phenols is 1. The molecule has 7 N–H and O–H groups in total. The van der Waals surface area contributed by atoms with Crippen LogP contribution in [0.3, 0.4) is 0 Å². The van der Waals surface area contributed by atoms with Crippen LogP contribution >= 0.6 is 0 Å². The van der Waals surface area contributed by atoms with E-state index in [1.807, 2.05) is 19.1 Å². The molecule has 10 heteroatoms. The fourth-order valence-corrected chi connectivity index (χ4v) is 5.59. The summed E-state index contributed by atoms with van der Waals surface area (Å²) in [6.45, 7) is 5.75. The summed E-state index contributed by atoms with van der Waals surface area (Å²) < 4.78 is 11.6. The number of carbonyl (C=O) groups excluding carboxylic acids is 1. The molecule has 1 aromatic carbocycles. The van der Waals surface area contributed by atoms with Crippen molar-refractivity contribution in [2.45, 2.75) is 83.2 Å². The number of aryl methyl sites for hydroxylation is 1. The number of guanidine groups is 1. The van der Waals surface area contributed by atoms with E-state index in [2.05, 4.69) is 15.6 Å². The summed E-state index contributed by atoms with van der Waals surface area (Å²) >= 11 is 0. The number of piperidine rings is 1. The number of rotatable bonds is 11. The van der Waals surface area contributed by atoms with Crippen LogP contribution in [0.15, 0.2) is 23.2 Å². The fraction of sp³-hybridized carbons (Fsp3) is 0.714. The summed E-state index contributed by atoms with van der Waals surface area (Å²) in [5.41, 5.74) is 6.74. The monoisotopic (exact) mass is 534 g/mol. The molecule has 6 unspecified atom stereocenters. The van der Waals surface area contributed by atoms with E-state index >= 15 is 0 Å². The molecular formula is C28H46N4O6. The maximum absolute atomic E-state index is 11.8. The average Bonchev–Trinajstić information content (AvgIpc) is 2.89. The summed E-state index contributed by atoms with van der Waals surface area (Å²) in [7, 11) is 1.61. The molecule has 1 aromatic rings. The van der Waals surface area contributed by atoms with Crippen LogP contribution in [0, 0.1) is 17.8 Å². The van der Waals surface area contributed by atoms with Crippen molar-refractivity contribution in [2.24, 2.45) is 28.5 Å². The van der Waals surface area contributed by atoms with Gasteiger partial charge in [-0.25, -0.2) is 0 Å². The third-order valence-corrected chi connectivity index (χ3v) is 8.03. The number of esters is 1. The summed E-state index contributed by atoms with van der Waals surface area (Å²) in [4.78, 5) is 15.8. The van der Waals surface area contributed by atoms with E-state index in [9.17, 15) is 20.1 Å². The summed E-state index contributed by atoms with van der Waals surface area (Å²) in [6.07, 6.45) is 2.76. The van der Waals surface area contributed by atoms with Crippen molar-refractivity contribution in [3.05, 3.63) is 23.8 Å². The zero-order valence-electron chi connectivity index (χ0n) is 22.9. The predicted octanol–water partition coefficient (Wildman–Crippen LogP) is 1.70. The first-order valence-corrected chi connectivity index (χ1v) is 13.8. The van der Waals surface area contributed by atoms with E-state index in [-0.39, 0.29) is 29.6 Å². The number of aliphatic hydroxyl groups is 2. The highest BCUT2D eigenvalue weighted by Crippen LogP contribution is 2.37. The third kappa shape index (κ3) is 9.03. The molecule has 0 aromatic heterocycles. The Labute approximate surface area is 226 Å². The predicted molar refractivity (Wildman–Crippen MR) is 146 cm³/mol. The van der Waals surface area contributed by atoms with Crippen LogP contribution in [-0.2, 0) is 16.0 Å². The van der Waals surface area contributed by atoms with Gasteiger partial charge < -0.3 is 41.2 Å². The van der Waals surface area contributed by atoms with Crippen LogP contribution in [0.25, 0.3) is 0 Å². The number of aromatic hydroxyl groups is 1. The molecule has 10 nitrogen and oxygen atoms in total. The largest absolute Gasteiger partial charge is 0.504 e. The van der Waals surface area contributed by atoms with Gasteiger partial charge in [0.25, 0.3) is 0 Å². The number of aliphatic imine (C=N–C) groups is 1. The zero-order valence-corrected chi connectivity index (χ0v) is 22.9. The highest BCUT2D eigenvalue weighted by atomic mass is 16.5. The average molecular weight is 535 g/mol. The van der Waals surface area contributed by atoms with Crippen LogP contribution in [0.4, 0.5) is 0 Å². The topological polar surface area (TPSA) is 159 Å². The normalized spacial score (nSPS) is 26.4. The van der Waals surface area contributed by atoms with Gasteiger partial charge in [0.2, 0.25) is 0 Å². The molecule has 1 aliphatic carbocycles. The SMILES string of the molecule is CN=C(N)NCC1CC(C(O)CC(CCc2ccc(O)c(OC3CCNCC3)c2)OC(C)=O)CC(O)C1C. The van der Waals surface area contributed by atoms with Crippen molar-refractivity contribution in [1.29, 1.82) is 0 Å². The number of carbonyl (C=O) groups is 1. The van der Waals surface area contributed by atoms with Gasteiger partial charge in [-0.3, -0.25) is 9.79 Å². The number of aliphatic hydroxyl groups excluding tert-OH is 2. The van der Waals surface area contributed by atoms with E-state index in [0.29, 0.717) is 43.9 Å². The minimum atomic E-state index is -0.722. The quantitative estimate of drug-likeness (QED) is 0.141. The Morgan fingerprint density at radius 1 is 1.29 bits per heavy atom. The first kappa shape index (κ1) is 30.0. The molecule has 2 aliphatic rings. The van der Waals surface area contributed by atoms with E-state index in [0.717, 1.165) is 37.9 Å². The Kier molecular flexibility index (Phi) is 11.5. The van der Waals surface area contributed by atoms with Gasteiger partial charge >= 0.3 is 5.97 Å². The lowest BCUT2D eigenvalue weighted by Gasteiger charge is -2.40. The van der Waals surface area contributed by atoms with E-state index < -0.39 is 24.3 Å². The molecule has 1 heterocycles. The Morgan fingerprint density at radius 2 is 2.03 bits per heavy atom. The Balaban J connectivity index is 1.59. The maximum atomic E-state index is 11.8. The van der Waals surface area contributed by atoms with Crippen LogP contribution < -0.4 is 21.1 Å². The van der Waals surface area contributed by atoms with Gasteiger partial charge in [-0.2, -0.15) is 0 Å². The minimum Gasteiger partial charge on any atom is -0.504 e. The number of hydrogen-bond donors (Lipinski definition) is 6. The Bertz CT molecular complexity index is 923. The van der Waals surface area contributed by atoms with Crippen molar-refractivity contribution < 1.29 is 29.6 Å². The summed E-state index contributed by atoms with van der Waals surface area (Å²) in [5, 5.41) is 38.5. The zero-order chi connectivity index (χ0) is 27.7. The van der Waals surface area contributed by atoms with Crippen LogP contribution in [0.5, 0.6) is 11.5 Å². The molecule has 214 valence electrons. The van der Waals surface area contributed by atoms with Gasteiger partial charge in [0, 0.05) is 26.9 Å². The minimum absolute atomic E-state index is 0.0654. The third-order valence-electron chi connectivity index (χ3n) is 8.03. The molecule has 0 bridgehead atoms. The van der Waals surface area contributed by atoms with Crippen molar-refractivity contribution >= 4 is 11.9 Å². The number of nitrogens with two attached hydrogens (primary N) is 1. The molecule has 2 fully saturated rings. The second-order valence-electron chi connectivity index (χ2n) is 10.9. The van der Waals surface area contributed by atoms with E-state index in [4.69, 9.17) is 15.2 Å². The fourth-order valence-electron chi connectivity index (χ4n) is 5.59. The second-order valence-corrected chi connectivity index (χ2v) is 10.9. The number of benzene rings is 1. The van der Waals surface area contributed by atoms with Crippen molar-refractivity contribution in [2.75, 3.05) is 26.7 Å². The molecule has 0 amide bonds.